The summed E-state index contributed by atoms with van der Waals surface area (Å²) in [5, 5.41) is 28.3. The van der Waals surface area contributed by atoms with E-state index in [0.717, 1.165) is 0 Å². The van der Waals surface area contributed by atoms with Gasteiger partial charge < -0.3 is 58.5 Å². The predicted octanol–water partition coefficient (Wildman–Crippen LogP) is -3.38. The van der Waals surface area contributed by atoms with Crippen LogP contribution in [0, 0.1) is 0 Å². The van der Waals surface area contributed by atoms with Crippen molar-refractivity contribution < 1.29 is 53.4 Å². The van der Waals surface area contributed by atoms with Gasteiger partial charge in [0.2, 0.25) is 41.4 Å². The zero-order valence-corrected chi connectivity index (χ0v) is 29.6. The van der Waals surface area contributed by atoms with E-state index in [1.165, 1.54) is 23.6 Å². The van der Waals surface area contributed by atoms with Gasteiger partial charge in [0.05, 0.1) is 6.04 Å². The van der Waals surface area contributed by atoms with Gasteiger partial charge in [-0.05, 0) is 78.2 Å². The highest BCUT2D eigenvalue weighted by molar-refractivity contribution is 5.97. The van der Waals surface area contributed by atoms with Crippen LogP contribution in [0.25, 0.3) is 0 Å². The fourth-order valence-corrected chi connectivity index (χ4v) is 6.09. The number of unbranched alkanes of at least 4 members (excludes halogenated alkanes) is 1. The molecule has 0 aromatic rings. The molecule has 0 radical (unpaired) electrons. The molecule has 0 aromatic heterocycles. The molecule has 0 aliphatic carbocycles. The number of carboxylic acids is 2. The number of likely N-dealkylation sites (tertiary alicyclic amines) is 2. The maximum atomic E-state index is 13.5. The lowest BCUT2D eigenvalue weighted by Gasteiger charge is -2.30. The van der Waals surface area contributed by atoms with Crippen molar-refractivity contribution in [3.8, 4) is 0 Å². The zero-order chi connectivity index (χ0) is 39.1. The second kappa shape index (κ2) is 20.9. The molecule has 7 atom stereocenters. The molecular formula is C32H53N9O11. The van der Waals surface area contributed by atoms with Crippen LogP contribution in [0.1, 0.15) is 84.5 Å². The first-order chi connectivity index (χ1) is 24.5. The Hall–Kier alpha value is -4.85. The smallest absolute Gasteiger partial charge is 0.326 e. The first-order valence-electron chi connectivity index (χ1n) is 17.5. The number of rotatable bonds is 21. The molecule has 7 amide bonds. The van der Waals surface area contributed by atoms with Crippen molar-refractivity contribution >= 4 is 53.3 Å². The summed E-state index contributed by atoms with van der Waals surface area (Å²) >= 11 is 0. The number of hydrogen-bond acceptors (Lipinski definition) is 11. The van der Waals surface area contributed by atoms with Crippen LogP contribution in [0.15, 0.2) is 0 Å². The minimum atomic E-state index is -1.35. The fourth-order valence-electron chi connectivity index (χ4n) is 6.09. The Morgan fingerprint density at radius 3 is 1.81 bits per heavy atom. The molecule has 2 fully saturated rings. The Bertz CT molecular complexity index is 1350. The topological polar surface area (TPSA) is 327 Å². The summed E-state index contributed by atoms with van der Waals surface area (Å²) in [4.78, 5) is 116. The van der Waals surface area contributed by atoms with E-state index in [0.29, 0.717) is 38.6 Å². The van der Waals surface area contributed by atoms with E-state index in [2.05, 4.69) is 21.3 Å². The summed E-state index contributed by atoms with van der Waals surface area (Å²) in [5.41, 5.74) is 16.6. The van der Waals surface area contributed by atoms with Gasteiger partial charge in [-0.1, -0.05) is 0 Å². The zero-order valence-electron chi connectivity index (χ0n) is 29.6. The quantitative estimate of drug-likeness (QED) is 0.0520. The summed E-state index contributed by atoms with van der Waals surface area (Å²) in [6.45, 7) is 3.50. The summed E-state index contributed by atoms with van der Waals surface area (Å²) in [6, 6.07) is -7.97. The monoisotopic (exact) mass is 739 g/mol. The summed E-state index contributed by atoms with van der Waals surface area (Å²) in [5.74, 6) is -7.25. The molecule has 2 rings (SSSR count). The molecule has 2 aliphatic heterocycles. The maximum absolute atomic E-state index is 13.5. The molecule has 0 spiro atoms. The molecule has 2 saturated heterocycles. The van der Waals surface area contributed by atoms with Crippen LogP contribution in [0.2, 0.25) is 0 Å². The van der Waals surface area contributed by atoms with Gasteiger partial charge in [0.1, 0.15) is 36.3 Å². The largest absolute Gasteiger partial charge is 0.481 e. The summed E-state index contributed by atoms with van der Waals surface area (Å²) < 4.78 is 0. The van der Waals surface area contributed by atoms with Crippen LogP contribution < -0.4 is 38.5 Å². The minimum Gasteiger partial charge on any atom is -0.481 e. The molecule has 12 N–H and O–H groups in total. The number of nitrogens with one attached hydrogen (secondary N) is 4. The third kappa shape index (κ3) is 13.0. The standard InChI is InChI=1S/C32H53N9O11/c1-17(26(45)39-21(32(51)52)7-3-4-14-33)36-27(46)20(11-12-24(35)42)38-29(48)23-9-5-15-40(23)30(49)18(2)37-28(47)22-8-6-16-41(22)31(50)19(34)10-13-25(43)44/h17-23H,3-16,33-34H2,1-2H3,(H2,35,42)(H,36,46)(H,37,47)(H,38,48)(H,39,45)(H,43,44)(H,51,52)/t17-,18-,19-,20-,21-,22-,23-/m0/s1. The number of hydrogen-bond donors (Lipinski definition) is 9. The summed E-state index contributed by atoms with van der Waals surface area (Å²) in [6.07, 6.45) is 1.63. The van der Waals surface area contributed by atoms with Crippen LogP contribution >= 0.6 is 0 Å². The number of amides is 7. The highest BCUT2D eigenvalue weighted by Crippen LogP contribution is 2.21. The Morgan fingerprint density at radius 1 is 0.692 bits per heavy atom. The Morgan fingerprint density at radius 2 is 1.27 bits per heavy atom. The third-order valence-electron chi connectivity index (χ3n) is 9.02. The lowest BCUT2D eigenvalue weighted by Crippen LogP contribution is -2.58. The van der Waals surface area contributed by atoms with Crippen molar-refractivity contribution in [3.63, 3.8) is 0 Å². The normalized spacial score (nSPS) is 19.8. The fraction of sp³-hybridized carbons (Fsp3) is 0.719. The molecule has 0 bridgehead atoms. The van der Waals surface area contributed by atoms with E-state index in [1.54, 1.807) is 0 Å². The van der Waals surface area contributed by atoms with Crippen LogP contribution in [0.4, 0.5) is 0 Å². The molecular weight excluding hydrogens is 686 g/mol. The average Bonchev–Trinajstić information content (AvgIpc) is 3.78. The number of aliphatic carboxylic acids is 2. The molecule has 292 valence electrons. The van der Waals surface area contributed by atoms with Crippen molar-refractivity contribution in [1.29, 1.82) is 0 Å². The van der Waals surface area contributed by atoms with Crippen molar-refractivity contribution in [1.82, 2.24) is 31.1 Å². The van der Waals surface area contributed by atoms with Gasteiger partial charge >= 0.3 is 11.9 Å². The minimum absolute atomic E-state index is 0.102. The molecule has 52 heavy (non-hydrogen) atoms. The van der Waals surface area contributed by atoms with E-state index in [4.69, 9.17) is 22.3 Å². The van der Waals surface area contributed by atoms with Crippen molar-refractivity contribution in [2.75, 3.05) is 19.6 Å². The van der Waals surface area contributed by atoms with E-state index < -0.39 is 95.6 Å². The summed E-state index contributed by atoms with van der Waals surface area (Å²) in [7, 11) is 0. The number of primary amides is 1. The number of carbonyl (C=O) groups excluding carboxylic acids is 7. The van der Waals surface area contributed by atoms with Gasteiger partial charge in [-0.2, -0.15) is 0 Å². The van der Waals surface area contributed by atoms with Gasteiger partial charge in [-0.25, -0.2) is 4.79 Å². The first kappa shape index (κ1) is 43.3. The molecule has 0 aromatic carbocycles. The number of nitrogens with zero attached hydrogens (tertiary/aromatic N) is 2. The highest BCUT2D eigenvalue weighted by atomic mass is 16.4. The Labute approximate surface area is 301 Å². The lowest BCUT2D eigenvalue weighted by atomic mass is 10.1. The van der Waals surface area contributed by atoms with Gasteiger partial charge in [0.15, 0.2) is 0 Å². The van der Waals surface area contributed by atoms with Crippen molar-refractivity contribution in [3.05, 3.63) is 0 Å². The van der Waals surface area contributed by atoms with E-state index in [1.807, 2.05) is 0 Å². The van der Waals surface area contributed by atoms with Gasteiger partial charge in [0, 0.05) is 25.9 Å². The number of nitrogens with two attached hydrogens (primary N) is 3. The second-order valence-electron chi connectivity index (χ2n) is 13.1. The molecule has 0 saturated carbocycles. The van der Waals surface area contributed by atoms with E-state index in [-0.39, 0.29) is 51.6 Å². The van der Waals surface area contributed by atoms with Gasteiger partial charge in [0.25, 0.3) is 0 Å². The SMILES string of the molecule is C[C@H](NC(=O)[C@H](CCC(N)=O)NC(=O)[C@@H]1CCCN1C(=O)[C@H](C)NC(=O)[C@@H]1CCCN1C(=O)[C@@H](N)CCC(=O)O)C(=O)N[C@@H](CCCCN)C(=O)O. The molecule has 20 nitrogen and oxygen atoms in total. The van der Waals surface area contributed by atoms with Crippen LogP contribution in [0.3, 0.4) is 0 Å². The van der Waals surface area contributed by atoms with Gasteiger partial charge in [-0.3, -0.25) is 38.4 Å². The van der Waals surface area contributed by atoms with Crippen LogP contribution in [-0.2, 0) is 43.2 Å². The van der Waals surface area contributed by atoms with Crippen LogP contribution in [-0.4, -0.2) is 135 Å². The van der Waals surface area contributed by atoms with Crippen molar-refractivity contribution in [2.45, 2.75) is 127 Å². The Kier molecular flexibility index (Phi) is 17.4. The predicted molar refractivity (Wildman–Crippen MR) is 182 cm³/mol. The van der Waals surface area contributed by atoms with E-state index in [9.17, 15) is 48.3 Å². The average molecular weight is 740 g/mol. The second-order valence-corrected chi connectivity index (χ2v) is 13.1. The lowest BCUT2D eigenvalue weighted by molar-refractivity contribution is -0.144. The molecule has 0 unspecified atom stereocenters. The van der Waals surface area contributed by atoms with Gasteiger partial charge in [-0.15, -0.1) is 0 Å². The van der Waals surface area contributed by atoms with Crippen LogP contribution in [0.5, 0.6) is 0 Å². The molecule has 20 heteroatoms. The number of carbonyl (C=O) groups is 9. The maximum Gasteiger partial charge on any atom is 0.326 e. The molecule has 2 heterocycles. The first-order valence-corrected chi connectivity index (χ1v) is 17.5. The van der Waals surface area contributed by atoms with E-state index >= 15 is 0 Å². The third-order valence-corrected chi connectivity index (χ3v) is 9.02. The number of carboxylic acid groups (broad SMARTS) is 2. The highest BCUT2D eigenvalue weighted by Gasteiger charge is 2.40. The Balaban J connectivity index is 2.06. The molecule has 2 aliphatic rings. The van der Waals surface area contributed by atoms with Crippen molar-refractivity contribution in [2.24, 2.45) is 17.2 Å².